The molecule has 0 aliphatic heterocycles. The Labute approximate surface area is 109 Å². The third-order valence-electron chi connectivity index (χ3n) is 2.66. The quantitative estimate of drug-likeness (QED) is 0.755. The Morgan fingerprint density at radius 2 is 1.21 bits per heavy atom. The number of aromatic hydroxyl groups is 1. The van der Waals surface area contributed by atoms with Crippen molar-refractivity contribution in [3.8, 4) is 28.5 Å². The Bertz CT molecular complexity index is 683. The molecule has 19 heavy (non-hydrogen) atoms. The van der Waals surface area contributed by atoms with Gasteiger partial charge in [0, 0.05) is 5.56 Å². The molecule has 5 nitrogen and oxygen atoms in total. The van der Waals surface area contributed by atoms with E-state index >= 15 is 0 Å². The van der Waals surface area contributed by atoms with Crippen LogP contribution < -0.4 is 0 Å². The standard InChI is InChI=1S/C14H10N4O/c19-12-9-5-4-8-11(12)14-17-15-13(16-18-14)10-6-2-1-3-7-10/h1-9,19H. The average Bonchev–Trinajstić information content (AvgIpc) is 2.49. The first-order valence-corrected chi connectivity index (χ1v) is 5.76. The molecule has 1 aromatic heterocycles. The molecule has 0 atom stereocenters. The van der Waals surface area contributed by atoms with Crippen LogP contribution in [0.15, 0.2) is 54.6 Å². The number of hydrogen-bond acceptors (Lipinski definition) is 5. The van der Waals surface area contributed by atoms with E-state index in [0.717, 1.165) is 5.56 Å². The van der Waals surface area contributed by atoms with Crippen LogP contribution in [0.4, 0.5) is 0 Å². The van der Waals surface area contributed by atoms with Crippen molar-refractivity contribution in [2.24, 2.45) is 0 Å². The van der Waals surface area contributed by atoms with Gasteiger partial charge in [-0.2, -0.15) is 0 Å². The molecule has 0 amide bonds. The van der Waals surface area contributed by atoms with E-state index in [2.05, 4.69) is 20.4 Å². The monoisotopic (exact) mass is 250 g/mol. The maximum absolute atomic E-state index is 9.71. The molecule has 0 radical (unpaired) electrons. The largest absolute Gasteiger partial charge is 0.507 e. The van der Waals surface area contributed by atoms with Crippen molar-refractivity contribution in [1.82, 2.24) is 20.4 Å². The molecule has 3 aromatic rings. The maximum atomic E-state index is 9.71. The summed E-state index contributed by atoms with van der Waals surface area (Å²) in [6, 6.07) is 16.3. The van der Waals surface area contributed by atoms with Crippen LogP contribution in [0.1, 0.15) is 0 Å². The van der Waals surface area contributed by atoms with Gasteiger partial charge in [0.05, 0.1) is 5.56 Å². The molecule has 3 rings (SSSR count). The second-order valence-corrected chi connectivity index (χ2v) is 3.93. The second kappa shape index (κ2) is 4.81. The smallest absolute Gasteiger partial charge is 0.207 e. The fourth-order valence-electron chi connectivity index (χ4n) is 1.70. The van der Waals surface area contributed by atoms with Gasteiger partial charge in [-0.1, -0.05) is 42.5 Å². The summed E-state index contributed by atoms with van der Waals surface area (Å²) in [7, 11) is 0. The Balaban J connectivity index is 1.98. The molecule has 0 fully saturated rings. The number of aromatic nitrogens is 4. The molecule has 1 N–H and O–H groups in total. The van der Waals surface area contributed by atoms with E-state index in [0.29, 0.717) is 17.2 Å². The molecule has 5 heteroatoms. The summed E-state index contributed by atoms with van der Waals surface area (Å²) in [6.07, 6.45) is 0. The summed E-state index contributed by atoms with van der Waals surface area (Å²) < 4.78 is 0. The average molecular weight is 250 g/mol. The van der Waals surface area contributed by atoms with E-state index in [4.69, 9.17) is 0 Å². The molecular formula is C14H10N4O. The predicted molar refractivity (Wildman–Crippen MR) is 70.2 cm³/mol. The Morgan fingerprint density at radius 1 is 0.632 bits per heavy atom. The van der Waals surface area contributed by atoms with Gasteiger partial charge in [0.2, 0.25) is 11.6 Å². The van der Waals surface area contributed by atoms with Crippen molar-refractivity contribution >= 4 is 0 Å². The number of rotatable bonds is 2. The fraction of sp³-hybridized carbons (Fsp3) is 0. The summed E-state index contributed by atoms with van der Waals surface area (Å²) >= 11 is 0. The number of para-hydroxylation sites is 1. The van der Waals surface area contributed by atoms with Gasteiger partial charge >= 0.3 is 0 Å². The van der Waals surface area contributed by atoms with Crippen LogP contribution >= 0.6 is 0 Å². The van der Waals surface area contributed by atoms with E-state index in [1.54, 1.807) is 24.3 Å². The highest BCUT2D eigenvalue weighted by atomic mass is 16.3. The predicted octanol–water partition coefficient (Wildman–Crippen LogP) is 2.31. The highest BCUT2D eigenvalue weighted by molar-refractivity contribution is 5.63. The highest BCUT2D eigenvalue weighted by Gasteiger charge is 2.09. The van der Waals surface area contributed by atoms with Crippen molar-refractivity contribution in [2.75, 3.05) is 0 Å². The third-order valence-corrected chi connectivity index (χ3v) is 2.66. The van der Waals surface area contributed by atoms with Gasteiger partial charge in [0.1, 0.15) is 5.75 Å². The summed E-state index contributed by atoms with van der Waals surface area (Å²) in [5.41, 5.74) is 1.37. The van der Waals surface area contributed by atoms with Crippen LogP contribution in [0, 0.1) is 0 Å². The normalized spacial score (nSPS) is 10.3. The molecule has 2 aromatic carbocycles. The van der Waals surface area contributed by atoms with Gasteiger partial charge in [-0.3, -0.25) is 0 Å². The molecule has 0 unspecified atom stereocenters. The molecule has 0 saturated heterocycles. The Kier molecular flexibility index (Phi) is 2.86. The zero-order chi connectivity index (χ0) is 13.1. The zero-order valence-electron chi connectivity index (χ0n) is 9.93. The lowest BCUT2D eigenvalue weighted by atomic mass is 10.2. The highest BCUT2D eigenvalue weighted by Crippen LogP contribution is 2.24. The topological polar surface area (TPSA) is 71.8 Å². The minimum atomic E-state index is 0.110. The summed E-state index contributed by atoms with van der Waals surface area (Å²) in [4.78, 5) is 0. The lowest BCUT2D eigenvalue weighted by Gasteiger charge is -2.02. The first-order valence-electron chi connectivity index (χ1n) is 5.76. The molecule has 1 heterocycles. The van der Waals surface area contributed by atoms with Gasteiger partial charge in [-0.25, -0.2) is 0 Å². The number of phenolic OH excluding ortho intramolecular Hbond substituents is 1. The maximum Gasteiger partial charge on any atom is 0.207 e. The van der Waals surface area contributed by atoms with E-state index < -0.39 is 0 Å². The van der Waals surface area contributed by atoms with Gasteiger partial charge in [-0.15, -0.1) is 20.4 Å². The third kappa shape index (κ3) is 2.26. The van der Waals surface area contributed by atoms with Crippen LogP contribution in [-0.4, -0.2) is 25.5 Å². The number of benzene rings is 2. The molecule has 0 aliphatic rings. The lowest BCUT2D eigenvalue weighted by Crippen LogP contribution is -1.99. The number of nitrogens with zero attached hydrogens (tertiary/aromatic N) is 4. The van der Waals surface area contributed by atoms with E-state index in [1.165, 1.54) is 0 Å². The zero-order valence-corrected chi connectivity index (χ0v) is 9.93. The molecule has 0 aliphatic carbocycles. The van der Waals surface area contributed by atoms with Crippen molar-refractivity contribution in [2.45, 2.75) is 0 Å². The number of phenols is 1. The van der Waals surface area contributed by atoms with Gasteiger partial charge in [-0.05, 0) is 12.1 Å². The minimum Gasteiger partial charge on any atom is -0.507 e. The van der Waals surface area contributed by atoms with Gasteiger partial charge < -0.3 is 5.11 Å². The molecule has 0 saturated carbocycles. The first kappa shape index (κ1) is 11.3. The first-order chi connectivity index (χ1) is 9.34. The van der Waals surface area contributed by atoms with Crippen molar-refractivity contribution in [3.05, 3.63) is 54.6 Å². The second-order valence-electron chi connectivity index (χ2n) is 3.93. The van der Waals surface area contributed by atoms with Crippen LogP contribution in [0.5, 0.6) is 5.75 Å². The Morgan fingerprint density at radius 3 is 1.89 bits per heavy atom. The van der Waals surface area contributed by atoms with Crippen LogP contribution in [0.3, 0.4) is 0 Å². The minimum absolute atomic E-state index is 0.110. The Hall–Kier alpha value is -2.82. The van der Waals surface area contributed by atoms with E-state index in [1.807, 2.05) is 30.3 Å². The number of hydrogen-bond donors (Lipinski definition) is 1. The fourth-order valence-corrected chi connectivity index (χ4v) is 1.70. The van der Waals surface area contributed by atoms with E-state index in [9.17, 15) is 5.11 Å². The lowest BCUT2D eigenvalue weighted by molar-refractivity contribution is 0.476. The van der Waals surface area contributed by atoms with Crippen LogP contribution in [0.2, 0.25) is 0 Å². The molecular weight excluding hydrogens is 240 g/mol. The van der Waals surface area contributed by atoms with Gasteiger partial charge in [0.25, 0.3) is 0 Å². The van der Waals surface area contributed by atoms with Gasteiger partial charge in [0.15, 0.2) is 0 Å². The summed E-state index contributed by atoms with van der Waals surface area (Å²) in [5.74, 6) is 0.871. The van der Waals surface area contributed by atoms with Crippen molar-refractivity contribution < 1.29 is 5.11 Å². The van der Waals surface area contributed by atoms with Crippen LogP contribution in [-0.2, 0) is 0 Å². The summed E-state index contributed by atoms with van der Waals surface area (Å²) in [5, 5.41) is 25.8. The summed E-state index contributed by atoms with van der Waals surface area (Å²) in [6.45, 7) is 0. The van der Waals surface area contributed by atoms with Crippen molar-refractivity contribution in [3.63, 3.8) is 0 Å². The molecule has 0 spiro atoms. The molecule has 92 valence electrons. The molecule has 0 bridgehead atoms. The van der Waals surface area contributed by atoms with Crippen molar-refractivity contribution in [1.29, 1.82) is 0 Å². The van der Waals surface area contributed by atoms with Crippen LogP contribution in [0.25, 0.3) is 22.8 Å². The SMILES string of the molecule is Oc1ccccc1-c1nnc(-c2ccccc2)nn1. The van der Waals surface area contributed by atoms with E-state index in [-0.39, 0.29) is 5.75 Å².